The lowest BCUT2D eigenvalue weighted by molar-refractivity contribution is 1.22. The van der Waals surface area contributed by atoms with Gasteiger partial charge in [-0.1, -0.05) is 0 Å². The number of pyridine rings is 1. The van der Waals surface area contributed by atoms with Crippen LogP contribution in [0.5, 0.6) is 0 Å². The van der Waals surface area contributed by atoms with E-state index in [2.05, 4.69) is 36.8 Å². The van der Waals surface area contributed by atoms with Gasteiger partial charge in [0.05, 0.1) is 0 Å². The third-order valence-electron chi connectivity index (χ3n) is 1.06. The van der Waals surface area contributed by atoms with Crippen LogP contribution in [0.15, 0.2) is 21.2 Å². The standard InChI is InChI=1S/C6H5Br2N3/c7-3-1-4(8)5(6(9)10)11-2-3/h1-2H,(H3,9,10). The van der Waals surface area contributed by atoms with E-state index < -0.39 is 0 Å². The van der Waals surface area contributed by atoms with Crippen LogP contribution in [0.2, 0.25) is 0 Å². The van der Waals surface area contributed by atoms with Crippen LogP contribution in [0.1, 0.15) is 5.69 Å². The zero-order valence-electron chi connectivity index (χ0n) is 5.44. The average Bonchev–Trinajstić information content (AvgIpc) is 1.85. The second-order valence-corrected chi connectivity index (χ2v) is 3.67. The fourth-order valence-electron chi connectivity index (χ4n) is 0.613. The molecule has 0 radical (unpaired) electrons. The summed E-state index contributed by atoms with van der Waals surface area (Å²) < 4.78 is 1.58. The largest absolute Gasteiger partial charge is 0.382 e. The second kappa shape index (κ2) is 3.32. The molecule has 0 aliphatic heterocycles. The zero-order valence-corrected chi connectivity index (χ0v) is 8.61. The van der Waals surface area contributed by atoms with E-state index >= 15 is 0 Å². The van der Waals surface area contributed by atoms with Crippen molar-refractivity contribution in [2.45, 2.75) is 0 Å². The minimum atomic E-state index is -0.0376. The number of hydrogen-bond acceptors (Lipinski definition) is 2. The maximum Gasteiger partial charge on any atom is 0.142 e. The SMILES string of the molecule is N=C(N)c1ncc(Br)cc1Br. The number of nitrogens with two attached hydrogens (primary N) is 1. The van der Waals surface area contributed by atoms with Crippen molar-refractivity contribution in [3.05, 3.63) is 26.9 Å². The van der Waals surface area contributed by atoms with Crippen molar-refractivity contribution in [2.75, 3.05) is 0 Å². The number of amidine groups is 1. The normalized spacial score (nSPS) is 9.64. The first kappa shape index (κ1) is 8.67. The van der Waals surface area contributed by atoms with Crippen LogP contribution >= 0.6 is 31.9 Å². The summed E-state index contributed by atoms with van der Waals surface area (Å²) >= 11 is 6.48. The number of rotatable bonds is 1. The van der Waals surface area contributed by atoms with E-state index in [1.54, 1.807) is 12.3 Å². The number of aromatic nitrogens is 1. The molecule has 11 heavy (non-hydrogen) atoms. The van der Waals surface area contributed by atoms with Gasteiger partial charge in [-0.25, -0.2) is 0 Å². The lowest BCUT2D eigenvalue weighted by Gasteiger charge is -1.99. The van der Waals surface area contributed by atoms with E-state index in [0.717, 1.165) is 8.95 Å². The Bertz CT molecular complexity index is 298. The molecule has 0 unspecified atom stereocenters. The van der Waals surface area contributed by atoms with E-state index in [0.29, 0.717) is 5.69 Å². The van der Waals surface area contributed by atoms with Gasteiger partial charge in [0, 0.05) is 15.1 Å². The molecule has 1 heterocycles. The minimum absolute atomic E-state index is 0.0376. The molecule has 1 rings (SSSR count). The van der Waals surface area contributed by atoms with Gasteiger partial charge in [0.15, 0.2) is 0 Å². The van der Waals surface area contributed by atoms with Crippen molar-refractivity contribution in [2.24, 2.45) is 5.73 Å². The average molecular weight is 279 g/mol. The van der Waals surface area contributed by atoms with Crippen molar-refractivity contribution in [3.63, 3.8) is 0 Å². The summed E-state index contributed by atoms with van der Waals surface area (Å²) in [6.45, 7) is 0. The Kier molecular flexibility index (Phi) is 2.62. The molecule has 0 fully saturated rings. The van der Waals surface area contributed by atoms with Crippen LogP contribution < -0.4 is 5.73 Å². The topological polar surface area (TPSA) is 62.8 Å². The summed E-state index contributed by atoms with van der Waals surface area (Å²) in [5.41, 5.74) is 5.71. The van der Waals surface area contributed by atoms with Crippen LogP contribution in [0, 0.1) is 5.41 Å². The van der Waals surface area contributed by atoms with Gasteiger partial charge in [-0.2, -0.15) is 0 Å². The molecule has 1 aromatic heterocycles. The summed E-state index contributed by atoms with van der Waals surface area (Å²) in [7, 11) is 0. The molecular formula is C6H5Br2N3. The van der Waals surface area contributed by atoms with E-state index in [-0.39, 0.29) is 5.84 Å². The highest BCUT2D eigenvalue weighted by Gasteiger charge is 2.03. The minimum Gasteiger partial charge on any atom is -0.382 e. The number of nitrogen functional groups attached to an aromatic ring is 1. The van der Waals surface area contributed by atoms with Crippen LogP contribution in [-0.2, 0) is 0 Å². The van der Waals surface area contributed by atoms with Crippen LogP contribution in [-0.4, -0.2) is 10.8 Å². The van der Waals surface area contributed by atoms with E-state index in [1.807, 2.05) is 0 Å². The molecular weight excluding hydrogens is 274 g/mol. The number of nitrogens with zero attached hydrogens (tertiary/aromatic N) is 1. The molecule has 0 atom stereocenters. The monoisotopic (exact) mass is 277 g/mol. The van der Waals surface area contributed by atoms with Gasteiger partial charge in [-0.15, -0.1) is 0 Å². The van der Waals surface area contributed by atoms with Crippen LogP contribution in [0.4, 0.5) is 0 Å². The maximum absolute atomic E-state index is 7.12. The van der Waals surface area contributed by atoms with Crippen molar-refractivity contribution in [1.82, 2.24) is 4.98 Å². The van der Waals surface area contributed by atoms with E-state index in [9.17, 15) is 0 Å². The van der Waals surface area contributed by atoms with Gasteiger partial charge >= 0.3 is 0 Å². The van der Waals surface area contributed by atoms with Gasteiger partial charge in [-0.05, 0) is 37.9 Å². The molecule has 58 valence electrons. The summed E-state index contributed by atoms with van der Waals surface area (Å²) in [5.74, 6) is -0.0376. The molecule has 0 spiro atoms. The first-order valence-corrected chi connectivity index (χ1v) is 4.35. The fraction of sp³-hybridized carbons (Fsp3) is 0. The summed E-state index contributed by atoms with van der Waals surface area (Å²) in [6.07, 6.45) is 1.60. The fourth-order valence-corrected chi connectivity index (χ4v) is 1.81. The Morgan fingerprint density at radius 3 is 2.64 bits per heavy atom. The molecule has 0 aliphatic carbocycles. The predicted octanol–water partition coefficient (Wildman–Crippen LogP) is 1.89. The highest BCUT2D eigenvalue weighted by atomic mass is 79.9. The van der Waals surface area contributed by atoms with E-state index in [4.69, 9.17) is 11.1 Å². The Morgan fingerprint density at radius 2 is 2.18 bits per heavy atom. The molecule has 0 aromatic carbocycles. The third-order valence-corrected chi connectivity index (χ3v) is 2.10. The van der Waals surface area contributed by atoms with Gasteiger partial charge in [0.1, 0.15) is 11.5 Å². The lowest BCUT2D eigenvalue weighted by atomic mass is 10.3. The molecule has 0 aliphatic rings. The Balaban J connectivity index is 3.20. The number of halogens is 2. The first-order valence-electron chi connectivity index (χ1n) is 2.76. The molecule has 5 heteroatoms. The Hall–Kier alpha value is -0.420. The smallest absolute Gasteiger partial charge is 0.142 e. The number of nitrogens with one attached hydrogen (secondary N) is 1. The number of hydrogen-bond donors (Lipinski definition) is 2. The molecule has 1 aromatic rings. The first-order chi connectivity index (χ1) is 5.11. The van der Waals surface area contributed by atoms with Gasteiger partial charge < -0.3 is 5.73 Å². The maximum atomic E-state index is 7.12. The van der Waals surface area contributed by atoms with Crippen molar-refractivity contribution in [3.8, 4) is 0 Å². The molecule has 3 nitrogen and oxygen atoms in total. The van der Waals surface area contributed by atoms with Crippen LogP contribution in [0.25, 0.3) is 0 Å². The predicted molar refractivity (Wildman–Crippen MR) is 50.7 cm³/mol. The Morgan fingerprint density at radius 1 is 1.55 bits per heavy atom. The van der Waals surface area contributed by atoms with Gasteiger partial charge in [0.2, 0.25) is 0 Å². The highest BCUT2D eigenvalue weighted by Crippen LogP contribution is 2.18. The second-order valence-electron chi connectivity index (χ2n) is 1.90. The zero-order chi connectivity index (χ0) is 8.43. The van der Waals surface area contributed by atoms with Gasteiger partial charge in [-0.3, -0.25) is 10.4 Å². The summed E-state index contributed by atoms with van der Waals surface area (Å²) in [5, 5.41) is 7.12. The lowest BCUT2D eigenvalue weighted by Crippen LogP contribution is -2.13. The van der Waals surface area contributed by atoms with Crippen molar-refractivity contribution in [1.29, 1.82) is 5.41 Å². The van der Waals surface area contributed by atoms with Crippen LogP contribution in [0.3, 0.4) is 0 Å². The quantitative estimate of drug-likeness (QED) is 0.609. The molecule has 0 amide bonds. The molecule has 0 bridgehead atoms. The Labute approximate surface area is 80.8 Å². The van der Waals surface area contributed by atoms with Gasteiger partial charge in [0.25, 0.3) is 0 Å². The highest BCUT2D eigenvalue weighted by molar-refractivity contribution is 9.11. The summed E-state index contributed by atoms with van der Waals surface area (Å²) in [4.78, 5) is 3.93. The summed E-state index contributed by atoms with van der Waals surface area (Å²) in [6, 6.07) is 1.80. The van der Waals surface area contributed by atoms with E-state index in [1.165, 1.54) is 0 Å². The third kappa shape index (κ3) is 2.00. The van der Waals surface area contributed by atoms with Crippen molar-refractivity contribution < 1.29 is 0 Å². The van der Waals surface area contributed by atoms with Crippen molar-refractivity contribution >= 4 is 37.7 Å². The molecule has 0 saturated heterocycles. The molecule has 3 N–H and O–H groups in total. The molecule has 0 saturated carbocycles.